The average Bonchev–Trinajstić information content (AvgIpc) is 2.95. The summed E-state index contributed by atoms with van der Waals surface area (Å²) >= 11 is 6.88. The van der Waals surface area contributed by atoms with Crippen molar-refractivity contribution in [2.45, 2.75) is 32.9 Å². The lowest BCUT2D eigenvalue weighted by molar-refractivity contribution is -0.137. The molecule has 140 valence electrons. The minimum atomic E-state index is -4.69. The van der Waals surface area contributed by atoms with Gasteiger partial charge < -0.3 is 4.90 Å². The maximum atomic E-state index is 13.2. The van der Waals surface area contributed by atoms with Crippen LogP contribution in [-0.2, 0) is 6.18 Å². The summed E-state index contributed by atoms with van der Waals surface area (Å²) in [5.41, 5.74) is -0.777. The van der Waals surface area contributed by atoms with Crippen LogP contribution in [0.1, 0.15) is 42.6 Å². The molecule has 2 heterocycles. The van der Waals surface area contributed by atoms with Gasteiger partial charge in [-0.25, -0.2) is 4.98 Å². The monoisotopic (exact) mass is 402 g/mol. The third-order valence-electron chi connectivity index (χ3n) is 3.64. The predicted molar refractivity (Wildman–Crippen MR) is 98.8 cm³/mol. The number of ketones is 1. The molecule has 0 bridgehead atoms. The molecule has 0 radical (unpaired) electrons. The summed E-state index contributed by atoms with van der Waals surface area (Å²) in [6.07, 6.45) is 1.11. The topological polar surface area (TPSA) is 33.2 Å². The molecule has 1 aromatic heterocycles. The third-order valence-corrected chi connectivity index (χ3v) is 5.08. The Morgan fingerprint density at radius 1 is 1.46 bits per heavy atom. The highest BCUT2D eigenvalue weighted by Crippen LogP contribution is 2.40. The second-order valence-corrected chi connectivity index (χ2v) is 7.27. The van der Waals surface area contributed by atoms with Gasteiger partial charge in [0.1, 0.15) is 5.15 Å². The van der Waals surface area contributed by atoms with Crippen LogP contribution in [0, 0.1) is 0 Å². The molecular weight excluding hydrogens is 385 g/mol. The van der Waals surface area contributed by atoms with E-state index in [-0.39, 0.29) is 5.15 Å². The number of halogens is 4. The molecule has 0 saturated carbocycles. The van der Waals surface area contributed by atoms with E-state index in [0.29, 0.717) is 17.6 Å². The predicted octanol–water partition coefficient (Wildman–Crippen LogP) is 6.04. The molecule has 0 unspecified atom stereocenters. The molecule has 26 heavy (non-hydrogen) atoms. The molecule has 3 nitrogen and oxygen atoms in total. The molecule has 1 aliphatic heterocycles. The Bertz CT molecular complexity index is 787. The SMILES string of the molecule is C=C(C)C1=CN(CCCC)/C(=C/C(=O)c2cnc(Cl)cc2C(F)(F)F)S1. The molecule has 8 heteroatoms. The first kappa shape index (κ1) is 20.6. The quantitative estimate of drug-likeness (QED) is 0.329. The zero-order valence-corrected chi connectivity index (χ0v) is 15.9. The van der Waals surface area contributed by atoms with Gasteiger partial charge in [-0.1, -0.05) is 43.3 Å². The van der Waals surface area contributed by atoms with Gasteiger partial charge in [0, 0.05) is 29.9 Å². The zero-order chi connectivity index (χ0) is 19.5. The maximum Gasteiger partial charge on any atom is 0.417 e. The van der Waals surface area contributed by atoms with E-state index in [1.807, 2.05) is 24.9 Å². The van der Waals surface area contributed by atoms with Crippen LogP contribution in [0.4, 0.5) is 13.2 Å². The van der Waals surface area contributed by atoms with Gasteiger partial charge in [-0.2, -0.15) is 13.2 Å². The number of carbonyl (C=O) groups excluding carboxylic acids is 1. The number of alkyl halides is 3. The Morgan fingerprint density at radius 3 is 2.73 bits per heavy atom. The smallest absolute Gasteiger partial charge is 0.341 e. The summed E-state index contributed by atoms with van der Waals surface area (Å²) in [5, 5.41) is 0.261. The van der Waals surface area contributed by atoms with Crippen molar-refractivity contribution in [1.82, 2.24) is 9.88 Å². The van der Waals surface area contributed by atoms with Crippen LogP contribution in [0.15, 0.2) is 46.6 Å². The van der Waals surface area contributed by atoms with Gasteiger partial charge in [-0.15, -0.1) is 0 Å². The van der Waals surface area contributed by atoms with Crippen molar-refractivity contribution in [3.8, 4) is 0 Å². The number of hydrogen-bond acceptors (Lipinski definition) is 4. The lowest BCUT2D eigenvalue weighted by Crippen LogP contribution is -2.16. The third kappa shape index (κ3) is 4.92. The summed E-state index contributed by atoms with van der Waals surface area (Å²) < 4.78 is 39.6. The maximum absolute atomic E-state index is 13.2. The number of unbranched alkanes of at least 4 members (excludes halogenated alkanes) is 1. The Morgan fingerprint density at radius 2 is 2.15 bits per heavy atom. The van der Waals surface area contributed by atoms with Crippen LogP contribution in [-0.4, -0.2) is 22.2 Å². The van der Waals surface area contributed by atoms with Crippen LogP contribution in [0.5, 0.6) is 0 Å². The summed E-state index contributed by atoms with van der Waals surface area (Å²) in [5.74, 6) is -0.762. The molecule has 0 saturated heterocycles. The van der Waals surface area contributed by atoms with Gasteiger partial charge in [-0.3, -0.25) is 4.79 Å². The molecule has 0 N–H and O–H groups in total. The number of thioether (sulfide) groups is 1. The molecule has 0 atom stereocenters. The van der Waals surface area contributed by atoms with E-state index < -0.39 is 23.1 Å². The standard InChI is InChI=1S/C18H18ClF3N2OS/c1-4-5-6-24-10-15(11(2)3)26-17(24)8-14(25)12-9-23-16(19)7-13(12)18(20,21)22/h7-10H,2,4-6H2,1,3H3/b17-8-. The van der Waals surface area contributed by atoms with Crippen LogP contribution >= 0.6 is 23.4 Å². The number of carbonyl (C=O) groups is 1. The van der Waals surface area contributed by atoms with E-state index in [4.69, 9.17) is 11.6 Å². The normalized spacial score (nSPS) is 16.2. The molecule has 0 spiro atoms. The molecule has 0 aromatic carbocycles. The lowest BCUT2D eigenvalue weighted by atomic mass is 10.1. The average molecular weight is 403 g/mol. The van der Waals surface area contributed by atoms with Crippen molar-refractivity contribution in [3.63, 3.8) is 0 Å². The summed E-state index contributed by atoms with van der Waals surface area (Å²) in [4.78, 5) is 18.9. The molecule has 1 aliphatic rings. The van der Waals surface area contributed by atoms with Crippen molar-refractivity contribution in [3.05, 3.63) is 62.9 Å². The lowest BCUT2D eigenvalue weighted by Gasteiger charge is -2.17. The Hall–Kier alpha value is -1.73. The van der Waals surface area contributed by atoms with Crippen LogP contribution in [0.3, 0.4) is 0 Å². The van der Waals surface area contributed by atoms with Gasteiger partial charge in [0.25, 0.3) is 0 Å². The molecule has 0 fully saturated rings. The first-order chi connectivity index (χ1) is 12.1. The van der Waals surface area contributed by atoms with Gasteiger partial charge in [0.15, 0.2) is 5.78 Å². The number of nitrogens with zero attached hydrogens (tertiary/aromatic N) is 2. The molecule has 2 rings (SSSR count). The summed E-state index contributed by atoms with van der Waals surface area (Å²) in [6, 6.07) is 0.668. The van der Waals surface area contributed by atoms with Gasteiger partial charge >= 0.3 is 6.18 Å². The minimum Gasteiger partial charge on any atom is -0.341 e. The van der Waals surface area contributed by atoms with Crippen molar-refractivity contribution in [2.75, 3.05) is 6.54 Å². The second-order valence-electron chi connectivity index (χ2n) is 5.82. The van der Waals surface area contributed by atoms with E-state index in [9.17, 15) is 18.0 Å². The Labute approximate surface area is 159 Å². The molecule has 0 aliphatic carbocycles. The number of allylic oxidation sites excluding steroid dienone is 2. The highest BCUT2D eigenvalue weighted by atomic mass is 35.5. The fourth-order valence-electron chi connectivity index (χ4n) is 2.27. The van der Waals surface area contributed by atoms with E-state index in [2.05, 4.69) is 11.6 Å². The van der Waals surface area contributed by atoms with Gasteiger partial charge in [0.05, 0.1) is 16.2 Å². The fourth-order valence-corrected chi connectivity index (χ4v) is 3.43. The van der Waals surface area contributed by atoms with Crippen molar-refractivity contribution in [2.24, 2.45) is 0 Å². The van der Waals surface area contributed by atoms with E-state index >= 15 is 0 Å². The zero-order valence-electron chi connectivity index (χ0n) is 14.4. The van der Waals surface area contributed by atoms with E-state index in [1.54, 1.807) is 0 Å². The molecule has 1 aromatic rings. The second kappa shape index (κ2) is 8.31. The number of aromatic nitrogens is 1. The van der Waals surface area contributed by atoms with Crippen LogP contribution < -0.4 is 0 Å². The highest BCUT2D eigenvalue weighted by molar-refractivity contribution is 8.07. The van der Waals surface area contributed by atoms with Crippen LogP contribution in [0.25, 0.3) is 0 Å². The largest absolute Gasteiger partial charge is 0.417 e. The first-order valence-electron chi connectivity index (χ1n) is 7.94. The molecular formula is C18H18ClF3N2OS. The van der Waals surface area contributed by atoms with Crippen molar-refractivity contribution >= 4 is 29.1 Å². The van der Waals surface area contributed by atoms with Crippen LogP contribution in [0.2, 0.25) is 5.15 Å². The number of rotatable bonds is 6. The molecule has 0 amide bonds. The van der Waals surface area contributed by atoms with E-state index in [1.165, 1.54) is 17.8 Å². The van der Waals surface area contributed by atoms with E-state index in [0.717, 1.165) is 29.5 Å². The number of pyridine rings is 1. The summed E-state index contributed by atoms with van der Waals surface area (Å²) in [6.45, 7) is 8.43. The minimum absolute atomic E-state index is 0.312. The summed E-state index contributed by atoms with van der Waals surface area (Å²) in [7, 11) is 0. The van der Waals surface area contributed by atoms with Gasteiger partial charge in [0.2, 0.25) is 0 Å². The Balaban J connectivity index is 2.37. The first-order valence-corrected chi connectivity index (χ1v) is 9.14. The number of hydrogen-bond donors (Lipinski definition) is 0. The fraction of sp³-hybridized carbons (Fsp3) is 0.333. The Kier molecular flexibility index (Phi) is 6.58. The van der Waals surface area contributed by atoms with Crippen molar-refractivity contribution in [1.29, 1.82) is 0 Å². The van der Waals surface area contributed by atoms with Gasteiger partial charge in [-0.05, 0) is 25.0 Å². The highest BCUT2D eigenvalue weighted by Gasteiger charge is 2.36. The van der Waals surface area contributed by atoms with Crippen molar-refractivity contribution < 1.29 is 18.0 Å².